The highest BCUT2D eigenvalue weighted by Crippen LogP contribution is 2.31. The lowest BCUT2D eigenvalue weighted by Crippen LogP contribution is -2.15. The molecule has 0 aliphatic heterocycles. The number of aryl methyl sites for hydroxylation is 2. The molecule has 19 heavy (non-hydrogen) atoms. The van der Waals surface area contributed by atoms with E-state index >= 15 is 0 Å². The molecule has 0 saturated heterocycles. The van der Waals surface area contributed by atoms with Crippen molar-refractivity contribution in [1.82, 2.24) is 0 Å². The molecule has 0 spiro atoms. The van der Waals surface area contributed by atoms with E-state index in [0.29, 0.717) is 0 Å². The van der Waals surface area contributed by atoms with E-state index in [1.807, 2.05) is 0 Å². The third kappa shape index (κ3) is 2.89. The minimum absolute atomic E-state index is 0.260. The first-order valence-electron chi connectivity index (χ1n) is 7.12. The highest BCUT2D eigenvalue weighted by atomic mass is 14.2. The van der Waals surface area contributed by atoms with E-state index in [1.54, 1.807) is 0 Å². The average Bonchev–Trinajstić information content (AvgIpc) is 2.38. The molecule has 0 N–H and O–H groups in total. The normalized spacial score (nSPS) is 11.6. The zero-order chi connectivity index (χ0) is 14.0. The van der Waals surface area contributed by atoms with Crippen LogP contribution in [0.15, 0.2) is 42.5 Å². The molecule has 0 nitrogen and oxygen atoms in total. The van der Waals surface area contributed by atoms with Crippen LogP contribution < -0.4 is 0 Å². The fraction of sp³-hybridized carbons (Fsp3) is 0.368. The van der Waals surface area contributed by atoms with Gasteiger partial charge in [0.25, 0.3) is 0 Å². The summed E-state index contributed by atoms with van der Waals surface area (Å²) >= 11 is 0. The Labute approximate surface area is 117 Å². The molecule has 2 aromatic rings. The zero-order valence-electron chi connectivity index (χ0n) is 12.7. The third-order valence-electron chi connectivity index (χ3n) is 4.22. The Morgan fingerprint density at radius 1 is 0.947 bits per heavy atom. The number of rotatable bonds is 3. The van der Waals surface area contributed by atoms with Crippen LogP contribution in [0.1, 0.15) is 43.9 Å². The number of hydrogen-bond donors (Lipinski definition) is 0. The van der Waals surface area contributed by atoms with Gasteiger partial charge in [-0.05, 0) is 47.9 Å². The van der Waals surface area contributed by atoms with E-state index in [-0.39, 0.29) is 5.41 Å². The van der Waals surface area contributed by atoms with Gasteiger partial charge >= 0.3 is 0 Å². The van der Waals surface area contributed by atoms with Crippen molar-refractivity contribution >= 4 is 0 Å². The van der Waals surface area contributed by atoms with Gasteiger partial charge in [-0.2, -0.15) is 0 Å². The molecule has 0 heteroatoms. The lowest BCUT2D eigenvalue weighted by Gasteiger charge is -2.24. The van der Waals surface area contributed by atoms with Crippen LogP contribution >= 0.6 is 0 Å². The molecule has 0 saturated carbocycles. The summed E-state index contributed by atoms with van der Waals surface area (Å²) in [7, 11) is 0. The molecule has 0 aliphatic rings. The summed E-state index contributed by atoms with van der Waals surface area (Å²) in [6.07, 6.45) is 1.16. The van der Waals surface area contributed by atoms with Crippen molar-refractivity contribution in [1.29, 1.82) is 0 Å². The molecule has 0 amide bonds. The minimum atomic E-state index is 0.260. The number of benzene rings is 2. The highest BCUT2D eigenvalue weighted by Gasteiger charge is 2.18. The van der Waals surface area contributed by atoms with Crippen molar-refractivity contribution in [2.24, 2.45) is 0 Å². The van der Waals surface area contributed by atoms with Crippen LogP contribution in [0.2, 0.25) is 0 Å². The van der Waals surface area contributed by atoms with Crippen LogP contribution in [0, 0.1) is 13.8 Å². The summed E-state index contributed by atoms with van der Waals surface area (Å²) in [4.78, 5) is 0. The van der Waals surface area contributed by atoms with Crippen molar-refractivity contribution in [3.63, 3.8) is 0 Å². The first kappa shape index (κ1) is 13.9. The molecular weight excluding hydrogens is 228 g/mol. The van der Waals surface area contributed by atoms with Gasteiger partial charge in [-0.15, -0.1) is 0 Å². The van der Waals surface area contributed by atoms with Gasteiger partial charge in [0.05, 0.1) is 0 Å². The molecule has 100 valence electrons. The van der Waals surface area contributed by atoms with E-state index in [4.69, 9.17) is 0 Å². The van der Waals surface area contributed by atoms with Crippen LogP contribution in [0.4, 0.5) is 0 Å². The summed E-state index contributed by atoms with van der Waals surface area (Å²) in [5, 5.41) is 0. The molecule has 2 aromatic carbocycles. The molecule has 0 aliphatic carbocycles. The van der Waals surface area contributed by atoms with E-state index in [0.717, 1.165) is 6.42 Å². The Bertz CT molecular complexity index is 576. The van der Waals surface area contributed by atoms with Gasteiger partial charge in [0.2, 0.25) is 0 Å². The largest absolute Gasteiger partial charge is 0.0646 e. The van der Waals surface area contributed by atoms with Gasteiger partial charge in [0, 0.05) is 0 Å². The molecule has 2 rings (SSSR count). The molecule has 0 unspecified atom stereocenters. The second kappa shape index (κ2) is 5.21. The lowest BCUT2D eigenvalue weighted by molar-refractivity contribution is 0.506. The first-order chi connectivity index (χ1) is 8.94. The summed E-state index contributed by atoms with van der Waals surface area (Å²) in [5.41, 5.74) is 7.04. The maximum absolute atomic E-state index is 2.35. The SMILES string of the molecule is CCC(C)(C)c1ccc(-c2cccc(C)c2)c(C)c1. The Kier molecular flexibility index (Phi) is 3.80. The van der Waals surface area contributed by atoms with Crippen LogP contribution in [-0.2, 0) is 5.41 Å². The molecule has 0 radical (unpaired) electrons. The van der Waals surface area contributed by atoms with Crippen LogP contribution in [-0.4, -0.2) is 0 Å². The Morgan fingerprint density at radius 2 is 1.68 bits per heavy atom. The van der Waals surface area contributed by atoms with Crippen LogP contribution in [0.25, 0.3) is 11.1 Å². The van der Waals surface area contributed by atoms with E-state index in [1.165, 1.54) is 27.8 Å². The van der Waals surface area contributed by atoms with Crippen LogP contribution in [0.5, 0.6) is 0 Å². The fourth-order valence-electron chi connectivity index (χ4n) is 2.43. The van der Waals surface area contributed by atoms with E-state index in [9.17, 15) is 0 Å². The zero-order valence-corrected chi connectivity index (χ0v) is 12.7. The van der Waals surface area contributed by atoms with Gasteiger partial charge in [-0.3, -0.25) is 0 Å². The highest BCUT2D eigenvalue weighted by molar-refractivity contribution is 5.68. The molecule has 0 fully saturated rings. The fourth-order valence-corrected chi connectivity index (χ4v) is 2.43. The average molecular weight is 252 g/mol. The Hall–Kier alpha value is -1.56. The Balaban J connectivity index is 2.46. The minimum Gasteiger partial charge on any atom is -0.0646 e. The van der Waals surface area contributed by atoms with Gasteiger partial charge in [-0.25, -0.2) is 0 Å². The quantitative estimate of drug-likeness (QED) is 0.661. The lowest BCUT2D eigenvalue weighted by atomic mass is 9.80. The predicted octanol–water partition coefficient (Wildman–Crippen LogP) is 5.66. The monoisotopic (exact) mass is 252 g/mol. The van der Waals surface area contributed by atoms with Crippen molar-refractivity contribution in [3.8, 4) is 11.1 Å². The predicted molar refractivity (Wildman–Crippen MR) is 84.7 cm³/mol. The molecule has 0 heterocycles. The maximum Gasteiger partial charge on any atom is -0.0106 e. The third-order valence-corrected chi connectivity index (χ3v) is 4.22. The summed E-state index contributed by atoms with van der Waals surface area (Å²) in [6, 6.07) is 15.6. The molecular formula is C19H24. The van der Waals surface area contributed by atoms with Crippen molar-refractivity contribution in [3.05, 3.63) is 59.2 Å². The second-order valence-corrected chi connectivity index (χ2v) is 6.14. The number of hydrogen-bond acceptors (Lipinski definition) is 0. The summed E-state index contributed by atoms with van der Waals surface area (Å²) < 4.78 is 0. The van der Waals surface area contributed by atoms with E-state index < -0.39 is 0 Å². The van der Waals surface area contributed by atoms with Crippen molar-refractivity contribution in [2.45, 2.75) is 46.5 Å². The topological polar surface area (TPSA) is 0 Å². The van der Waals surface area contributed by atoms with Gasteiger partial charge in [0.1, 0.15) is 0 Å². The van der Waals surface area contributed by atoms with Crippen molar-refractivity contribution < 1.29 is 0 Å². The summed E-state index contributed by atoms with van der Waals surface area (Å²) in [5.74, 6) is 0. The summed E-state index contributed by atoms with van der Waals surface area (Å²) in [6.45, 7) is 11.2. The van der Waals surface area contributed by atoms with Crippen molar-refractivity contribution in [2.75, 3.05) is 0 Å². The van der Waals surface area contributed by atoms with Gasteiger partial charge < -0.3 is 0 Å². The van der Waals surface area contributed by atoms with Crippen LogP contribution in [0.3, 0.4) is 0 Å². The van der Waals surface area contributed by atoms with Gasteiger partial charge in [0.15, 0.2) is 0 Å². The van der Waals surface area contributed by atoms with E-state index in [2.05, 4.69) is 77.1 Å². The second-order valence-electron chi connectivity index (χ2n) is 6.14. The van der Waals surface area contributed by atoms with Gasteiger partial charge in [-0.1, -0.05) is 68.8 Å². The smallest absolute Gasteiger partial charge is 0.0106 e. The molecule has 0 aromatic heterocycles. The standard InChI is InChI=1S/C19H24/c1-6-19(4,5)17-10-11-18(15(3)13-17)16-9-7-8-14(2)12-16/h7-13H,6H2,1-5H3. The molecule has 0 atom stereocenters. The first-order valence-corrected chi connectivity index (χ1v) is 7.12. The molecule has 0 bridgehead atoms. The Morgan fingerprint density at radius 3 is 2.26 bits per heavy atom. The maximum atomic E-state index is 2.35.